The van der Waals surface area contributed by atoms with Gasteiger partial charge in [-0.2, -0.15) is 0 Å². The van der Waals surface area contributed by atoms with Crippen molar-refractivity contribution in [3.05, 3.63) is 83.9 Å². The number of rotatable bonds is 3. The van der Waals surface area contributed by atoms with E-state index >= 15 is 0 Å². The Kier molecular flexibility index (Phi) is 5.40. The van der Waals surface area contributed by atoms with E-state index in [4.69, 9.17) is 15.7 Å². The normalized spacial score (nSPS) is 17.0. The number of hydrogen-bond donors (Lipinski definition) is 0. The van der Waals surface area contributed by atoms with E-state index in [1.807, 2.05) is 13.0 Å². The lowest BCUT2D eigenvalue weighted by Gasteiger charge is -2.32. The number of allylic oxidation sites excluding steroid dienone is 1. The SMILES string of the molecule is C#Cc1c(/C=C\C)c(-c2cccc3ccccc23)c2ccccc2c1B1OC(C)(C)C(C)(C)O1. The first-order valence-electron chi connectivity index (χ1n) is 11.8. The quantitative estimate of drug-likeness (QED) is 0.251. The smallest absolute Gasteiger partial charge is 0.399 e. The molecule has 0 N–H and O–H groups in total. The van der Waals surface area contributed by atoms with E-state index in [0.717, 1.165) is 32.9 Å². The fourth-order valence-corrected chi connectivity index (χ4v) is 4.91. The van der Waals surface area contributed by atoms with Gasteiger partial charge in [0, 0.05) is 11.0 Å². The Morgan fingerprint density at radius 3 is 2.03 bits per heavy atom. The standard InChI is InChI=1S/C31H29BO2/c1-7-14-24-22(8-2)29(32-33-30(3,4)31(5,6)34-32)27-19-12-11-18-26(27)28(24)25-20-13-16-21-15-9-10-17-23(21)25/h2,7,9-20H,1,3-6H3/b14-7-. The molecule has 0 saturated carbocycles. The van der Waals surface area contributed by atoms with E-state index in [2.05, 4.69) is 106 Å². The van der Waals surface area contributed by atoms with Gasteiger partial charge in [-0.05, 0) is 72.9 Å². The van der Waals surface area contributed by atoms with Gasteiger partial charge in [-0.15, -0.1) is 6.42 Å². The number of fused-ring (bicyclic) bond motifs is 2. The molecule has 4 aromatic rings. The van der Waals surface area contributed by atoms with Crippen LogP contribution >= 0.6 is 0 Å². The lowest BCUT2D eigenvalue weighted by Crippen LogP contribution is -2.41. The van der Waals surface area contributed by atoms with Crippen molar-refractivity contribution in [2.24, 2.45) is 0 Å². The van der Waals surface area contributed by atoms with Crippen LogP contribution in [0.25, 0.3) is 38.7 Å². The van der Waals surface area contributed by atoms with Crippen LogP contribution in [0.1, 0.15) is 45.7 Å². The fourth-order valence-electron chi connectivity index (χ4n) is 4.91. The third-order valence-electron chi connectivity index (χ3n) is 7.32. The lowest BCUT2D eigenvalue weighted by molar-refractivity contribution is 0.00578. The monoisotopic (exact) mass is 444 g/mol. The average Bonchev–Trinajstić information content (AvgIpc) is 3.04. The van der Waals surface area contributed by atoms with Crippen molar-refractivity contribution in [2.45, 2.75) is 45.8 Å². The van der Waals surface area contributed by atoms with Crippen molar-refractivity contribution >= 4 is 40.2 Å². The van der Waals surface area contributed by atoms with Crippen LogP contribution in [-0.4, -0.2) is 18.3 Å². The van der Waals surface area contributed by atoms with Crippen LogP contribution in [0.15, 0.2) is 72.8 Å². The predicted octanol–water partition coefficient (Wildman–Crippen LogP) is 6.97. The van der Waals surface area contributed by atoms with Gasteiger partial charge in [0.05, 0.1) is 11.2 Å². The summed E-state index contributed by atoms with van der Waals surface area (Å²) in [7, 11) is -0.550. The maximum absolute atomic E-state index is 6.51. The second kappa shape index (κ2) is 8.17. The molecule has 0 radical (unpaired) electrons. The minimum Gasteiger partial charge on any atom is -0.399 e. The Morgan fingerprint density at radius 2 is 1.38 bits per heavy atom. The van der Waals surface area contributed by atoms with E-state index in [1.54, 1.807) is 0 Å². The van der Waals surface area contributed by atoms with Crippen LogP contribution in [0.5, 0.6) is 0 Å². The highest BCUT2D eigenvalue weighted by Gasteiger charge is 2.53. The molecule has 34 heavy (non-hydrogen) atoms. The molecule has 3 heteroatoms. The van der Waals surface area contributed by atoms with Crippen LogP contribution in [-0.2, 0) is 9.31 Å². The molecule has 1 aliphatic heterocycles. The molecule has 1 fully saturated rings. The average molecular weight is 444 g/mol. The Hall–Kier alpha value is -3.32. The van der Waals surface area contributed by atoms with Crippen molar-refractivity contribution in [1.29, 1.82) is 0 Å². The van der Waals surface area contributed by atoms with Crippen LogP contribution < -0.4 is 5.46 Å². The molecule has 2 nitrogen and oxygen atoms in total. The van der Waals surface area contributed by atoms with Gasteiger partial charge in [-0.3, -0.25) is 0 Å². The molecule has 0 amide bonds. The molecule has 1 saturated heterocycles. The molecule has 0 atom stereocenters. The zero-order valence-corrected chi connectivity index (χ0v) is 20.5. The molecule has 0 spiro atoms. The van der Waals surface area contributed by atoms with Crippen molar-refractivity contribution in [1.82, 2.24) is 0 Å². The summed E-state index contributed by atoms with van der Waals surface area (Å²) in [5.41, 5.74) is 4.15. The predicted molar refractivity (Wildman–Crippen MR) is 145 cm³/mol. The molecule has 4 aromatic carbocycles. The summed E-state index contributed by atoms with van der Waals surface area (Å²) < 4.78 is 13.0. The first kappa shape index (κ1) is 22.5. The van der Waals surface area contributed by atoms with Crippen molar-refractivity contribution in [3.63, 3.8) is 0 Å². The first-order chi connectivity index (χ1) is 16.3. The molecule has 168 valence electrons. The second-order valence-corrected chi connectivity index (χ2v) is 9.88. The van der Waals surface area contributed by atoms with E-state index in [0.29, 0.717) is 0 Å². The van der Waals surface area contributed by atoms with Crippen molar-refractivity contribution in [2.75, 3.05) is 0 Å². The highest BCUT2D eigenvalue weighted by atomic mass is 16.7. The summed E-state index contributed by atoms with van der Waals surface area (Å²) in [5.74, 6) is 3.02. The minimum atomic E-state index is -0.550. The molecule has 0 bridgehead atoms. The number of hydrogen-bond acceptors (Lipinski definition) is 2. The van der Waals surface area contributed by atoms with E-state index in [9.17, 15) is 0 Å². The zero-order valence-electron chi connectivity index (χ0n) is 20.5. The summed E-state index contributed by atoms with van der Waals surface area (Å²) in [6.07, 6.45) is 10.4. The molecule has 5 rings (SSSR count). The third kappa shape index (κ3) is 3.38. The van der Waals surface area contributed by atoms with Crippen LogP contribution in [0, 0.1) is 12.3 Å². The van der Waals surface area contributed by atoms with E-state index in [-0.39, 0.29) is 0 Å². The van der Waals surface area contributed by atoms with Gasteiger partial charge in [-0.1, -0.05) is 84.8 Å². The lowest BCUT2D eigenvalue weighted by atomic mass is 9.70. The van der Waals surface area contributed by atoms with E-state index < -0.39 is 18.3 Å². The van der Waals surface area contributed by atoms with Gasteiger partial charge in [0.2, 0.25) is 0 Å². The van der Waals surface area contributed by atoms with Gasteiger partial charge in [0.15, 0.2) is 0 Å². The Balaban J connectivity index is 1.91. The topological polar surface area (TPSA) is 18.5 Å². The largest absolute Gasteiger partial charge is 0.496 e. The Morgan fingerprint density at radius 1 is 0.794 bits per heavy atom. The molecular formula is C31H29BO2. The third-order valence-corrected chi connectivity index (χ3v) is 7.32. The maximum Gasteiger partial charge on any atom is 0.496 e. The number of terminal acetylenes is 1. The second-order valence-electron chi connectivity index (χ2n) is 9.88. The van der Waals surface area contributed by atoms with Gasteiger partial charge < -0.3 is 9.31 Å². The Bertz CT molecular complexity index is 1470. The highest BCUT2D eigenvalue weighted by molar-refractivity contribution is 6.66. The minimum absolute atomic E-state index is 0.459. The molecular weight excluding hydrogens is 415 g/mol. The van der Waals surface area contributed by atoms with Gasteiger partial charge in [-0.25, -0.2) is 0 Å². The summed E-state index contributed by atoms with van der Waals surface area (Å²) in [5, 5.41) is 4.60. The van der Waals surface area contributed by atoms with Gasteiger partial charge in [0.25, 0.3) is 0 Å². The van der Waals surface area contributed by atoms with Crippen molar-refractivity contribution < 1.29 is 9.31 Å². The Labute approximate surface area is 202 Å². The fraction of sp³-hybridized carbons (Fsp3) is 0.226. The number of benzene rings is 4. The van der Waals surface area contributed by atoms with Crippen LogP contribution in [0.3, 0.4) is 0 Å². The van der Waals surface area contributed by atoms with Gasteiger partial charge >= 0.3 is 7.12 Å². The molecule has 1 aliphatic rings. The summed E-state index contributed by atoms with van der Waals surface area (Å²) in [6.45, 7) is 10.3. The highest BCUT2D eigenvalue weighted by Crippen LogP contribution is 2.41. The van der Waals surface area contributed by atoms with Gasteiger partial charge in [0.1, 0.15) is 0 Å². The molecule has 0 aliphatic carbocycles. The van der Waals surface area contributed by atoms with Crippen molar-refractivity contribution in [3.8, 4) is 23.5 Å². The molecule has 1 heterocycles. The van der Waals surface area contributed by atoms with Crippen LogP contribution in [0.2, 0.25) is 0 Å². The summed E-state index contributed by atoms with van der Waals surface area (Å²) in [4.78, 5) is 0. The summed E-state index contributed by atoms with van der Waals surface area (Å²) >= 11 is 0. The zero-order chi connectivity index (χ0) is 24.1. The maximum atomic E-state index is 6.51. The first-order valence-corrected chi connectivity index (χ1v) is 11.8. The summed E-state index contributed by atoms with van der Waals surface area (Å²) in [6, 6.07) is 23.4. The van der Waals surface area contributed by atoms with E-state index in [1.165, 1.54) is 16.3 Å². The molecule has 0 unspecified atom stereocenters. The molecule has 0 aromatic heterocycles. The van der Waals surface area contributed by atoms with Crippen LogP contribution in [0.4, 0.5) is 0 Å².